The van der Waals surface area contributed by atoms with Gasteiger partial charge in [0.25, 0.3) is 5.91 Å². The molecule has 1 aliphatic rings. The molecule has 1 saturated heterocycles. The van der Waals surface area contributed by atoms with Crippen LogP contribution in [0.3, 0.4) is 0 Å². The van der Waals surface area contributed by atoms with Crippen LogP contribution in [0.15, 0.2) is 12.1 Å². The minimum Gasteiger partial charge on any atom is -0.333 e. The van der Waals surface area contributed by atoms with Gasteiger partial charge in [-0.2, -0.15) is 0 Å². The van der Waals surface area contributed by atoms with Gasteiger partial charge in [0.05, 0.1) is 4.88 Å². The van der Waals surface area contributed by atoms with Crippen LogP contribution in [0.5, 0.6) is 0 Å². The van der Waals surface area contributed by atoms with Crippen molar-refractivity contribution in [2.24, 2.45) is 0 Å². The number of amides is 1. The maximum atomic E-state index is 12.2. The van der Waals surface area contributed by atoms with E-state index in [4.69, 9.17) is 0 Å². The van der Waals surface area contributed by atoms with Crippen LogP contribution in [-0.4, -0.2) is 36.5 Å². The Kier molecular flexibility index (Phi) is 3.61. The molecule has 16 heavy (non-hydrogen) atoms. The minimum atomic E-state index is 0.193. The standard InChI is InChI=1S/C12H18N2OS/c1-3-10-4-5-11(16-10)12(15)14-7-6-13-8-9(14)2/h4-5,9,13H,3,6-8H2,1-2H3. The van der Waals surface area contributed by atoms with E-state index in [1.807, 2.05) is 11.0 Å². The summed E-state index contributed by atoms with van der Waals surface area (Å²) in [7, 11) is 0. The molecular weight excluding hydrogens is 220 g/mol. The molecule has 1 unspecified atom stereocenters. The van der Waals surface area contributed by atoms with Gasteiger partial charge < -0.3 is 10.2 Å². The van der Waals surface area contributed by atoms with Gasteiger partial charge in [0.1, 0.15) is 0 Å². The van der Waals surface area contributed by atoms with Crippen molar-refractivity contribution >= 4 is 17.2 Å². The zero-order valence-electron chi connectivity index (χ0n) is 9.82. The van der Waals surface area contributed by atoms with Crippen molar-refractivity contribution in [1.82, 2.24) is 10.2 Å². The molecule has 1 aromatic heterocycles. The average Bonchev–Trinajstić information content (AvgIpc) is 2.77. The highest BCUT2D eigenvalue weighted by atomic mass is 32.1. The monoisotopic (exact) mass is 238 g/mol. The van der Waals surface area contributed by atoms with Crippen molar-refractivity contribution in [3.63, 3.8) is 0 Å². The maximum Gasteiger partial charge on any atom is 0.264 e. The van der Waals surface area contributed by atoms with Crippen LogP contribution in [0.4, 0.5) is 0 Å². The summed E-state index contributed by atoms with van der Waals surface area (Å²) in [6.07, 6.45) is 1.01. The first-order chi connectivity index (χ1) is 7.72. The predicted octanol–water partition coefficient (Wildman–Crippen LogP) is 1.74. The normalized spacial score (nSPS) is 21.1. The van der Waals surface area contributed by atoms with Gasteiger partial charge in [-0.25, -0.2) is 0 Å². The molecule has 1 aliphatic heterocycles. The van der Waals surface area contributed by atoms with E-state index in [0.29, 0.717) is 6.04 Å². The smallest absolute Gasteiger partial charge is 0.264 e. The fourth-order valence-corrected chi connectivity index (χ4v) is 2.87. The van der Waals surface area contributed by atoms with E-state index in [9.17, 15) is 4.79 Å². The predicted molar refractivity (Wildman–Crippen MR) is 67.1 cm³/mol. The molecule has 0 radical (unpaired) electrons. The molecule has 2 rings (SSSR count). The first kappa shape index (κ1) is 11.6. The van der Waals surface area contributed by atoms with Gasteiger partial charge in [-0.05, 0) is 25.5 Å². The summed E-state index contributed by atoms with van der Waals surface area (Å²) < 4.78 is 0. The lowest BCUT2D eigenvalue weighted by atomic mass is 10.2. The van der Waals surface area contributed by atoms with Gasteiger partial charge in [0.15, 0.2) is 0 Å². The number of hydrogen-bond acceptors (Lipinski definition) is 3. The Morgan fingerprint density at radius 2 is 2.44 bits per heavy atom. The third kappa shape index (κ3) is 2.28. The van der Waals surface area contributed by atoms with Gasteiger partial charge in [0.2, 0.25) is 0 Å². The molecule has 0 aliphatic carbocycles. The fourth-order valence-electron chi connectivity index (χ4n) is 1.97. The SMILES string of the molecule is CCc1ccc(C(=O)N2CCNCC2C)s1. The Morgan fingerprint density at radius 3 is 3.06 bits per heavy atom. The topological polar surface area (TPSA) is 32.3 Å². The Labute approximate surface area is 100 Å². The van der Waals surface area contributed by atoms with Crippen LogP contribution in [0.1, 0.15) is 28.4 Å². The molecule has 4 heteroatoms. The van der Waals surface area contributed by atoms with Crippen LogP contribution >= 0.6 is 11.3 Å². The van der Waals surface area contributed by atoms with E-state index in [0.717, 1.165) is 30.9 Å². The highest BCUT2D eigenvalue weighted by Crippen LogP contribution is 2.20. The third-order valence-corrected chi connectivity index (χ3v) is 4.20. The lowest BCUT2D eigenvalue weighted by Crippen LogP contribution is -2.52. The zero-order chi connectivity index (χ0) is 11.5. The molecule has 0 spiro atoms. The first-order valence-corrected chi connectivity index (χ1v) is 6.64. The van der Waals surface area contributed by atoms with Crippen molar-refractivity contribution in [3.05, 3.63) is 21.9 Å². The van der Waals surface area contributed by atoms with Crippen LogP contribution in [0.25, 0.3) is 0 Å². The van der Waals surface area contributed by atoms with E-state index < -0.39 is 0 Å². The summed E-state index contributed by atoms with van der Waals surface area (Å²) >= 11 is 1.63. The molecule has 88 valence electrons. The lowest BCUT2D eigenvalue weighted by molar-refractivity contribution is 0.0661. The van der Waals surface area contributed by atoms with Crippen molar-refractivity contribution in [3.8, 4) is 0 Å². The van der Waals surface area contributed by atoms with Crippen LogP contribution < -0.4 is 5.32 Å². The average molecular weight is 238 g/mol. The maximum absolute atomic E-state index is 12.2. The number of piperazine rings is 1. The van der Waals surface area contributed by atoms with Crippen molar-refractivity contribution < 1.29 is 4.79 Å². The minimum absolute atomic E-state index is 0.193. The summed E-state index contributed by atoms with van der Waals surface area (Å²) in [5, 5.41) is 3.30. The van der Waals surface area contributed by atoms with Crippen LogP contribution in [0.2, 0.25) is 0 Å². The van der Waals surface area contributed by atoms with E-state index in [1.165, 1.54) is 4.88 Å². The molecule has 2 heterocycles. The zero-order valence-corrected chi connectivity index (χ0v) is 10.6. The molecule has 3 nitrogen and oxygen atoms in total. The molecule has 1 fully saturated rings. The summed E-state index contributed by atoms with van der Waals surface area (Å²) in [6.45, 7) is 6.84. The molecule has 1 amide bonds. The second kappa shape index (κ2) is 4.97. The number of rotatable bonds is 2. The highest BCUT2D eigenvalue weighted by Gasteiger charge is 2.24. The number of thiophene rings is 1. The molecule has 0 saturated carbocycles. The quantitative estimate of drug-likeness (QED) is 0.851. The second-order valence-corrected chi connectivity index (χ2v) is 5.34. The third-order valence-electron chi connectivity index (χ3n) is 2.98. The fraction of sp³-hybridized carbons (Fsp3) is 0.583. The summed E-state index contributed by atoms with van der Waals surface area (Å²) in [6, 6.07) is 4.32. The number of carbonyl (C=O) groups excluding carboxylic acids is 1. The van der Waals surface area contributed by atoms with Gasteiger partial charge in [0, 0.05) is 30.6 Å². The van der Waals surface area contributed by atoms with Gasteiger partial charge >= 0.3 is 0 Å². The Bertz CT molecular complexity index is 375. The molecule has 0 bridgehead atoms. The second-order valence-electron chi connectivity index (χ2n) is 4.17. The molecule has 1 atom stereocenters. The largest absolute Gasteiger partial charge is 0.333 e. The summed E-state index contributed by atoms with van der Waals surface area (Å²) in [4.78, 5) is 16.4. The number of hydrogen-bond donors (Lipinski definition) is 1. The Morgan fingerprint density at radius 1 is 1.62 bits per heavy atom. The lowest BCUT2D eigenvalue weighted by Gasteiger charge is -2.33. The van der Waals surface area contributed by atoms with Crippen molar-refractivity contribution in [2.45, 2.75) is 26.3 Å². The van der Waals surface area contributed by atoms with Crippen LogP contribution in [0, 0.1) is 0 Å². The Hall–Kier alpha value is -0.870. The number of carbonyl (C=O) groups is 1. The van der Waals surface area contributed by atoms with Crippen LogP contribution in [-0.2, 0) is 6.42 Å². The van der Waals surface area contributed by atoms with E-state index in [2.05, 4.69) is 25.2 Å². The summed E-state index contributed by atoms with van der Waals surface area (Å²) in [5.41, 5.74) is 0. The molecule has 1 N–H and O–H groups in total. The highest BCUT2D eigenvalue weighted by molar-refractivity contribution is 7.14. The number of nitrogens with one attached hydrogen (secondary N) is 1. The molecule has 1 aromatic rings. The van der Waals surface area contributed by atoms with Crippen molar-refractivity contribution in [2.75, 3.05) is 19.6 Å². The van der Waals surface area contributed by atoms with E-state index >= 15 is 0 Å². The first-order valence-electron chi connectivity index (χ1n) is 5.82. The molecule has 0 aromatic carbocycles. The number of aryl methyl sites for hydroxylation is 1. The van der Waals surface area contributed by atoms with Crippen molar-refractivity contribution in [1.29, 1.82) is 0 Å². The van der Waals surface area contributed by atoms with E-state index in [1.54, 1.807) is 11.3 Å². The number of nitrogens with zero attached hydrogens (tertiary/aromatic N) is 1. The Balaban J connectivity index is 2.11. The summed E-state index contributed by atoms with van der Waals surface area (Å²) in [5.74, 6) is 0.193. The van der Waals surface area contributed by atoms with Gasteiger partial charge in [-0.1, -0.05) is 6.92 Å². The van der Waals surface area contributed by atoms with Gasteiger partial charge in [-0.3, -0.25) is 4.79 Å². The van der Waals surface area contributed by atoms with E-state index in [-0.39, 0.29) is 5.91 Å². The van der Waals surface area contributed by atoms with Gasteiger partial charge in [-0.15, -0.1) is 11.3 Å². The molecular formula is C12H18N2OS.